The van der Waals surface area contributed by atoms with Crippen molar-refractivity contribution < 1.29 is 9.59 Å². The van der Waals surface area contributed by atoms with Crippen LogP contribution in [-0.2, 0) is 4.79 Å². The molecular formula is C19H22Cl2N4O2. The van der Waals surface area contributed by atoms with E-state index in [2.05, 4.69) is 21.3 Å². The number of urea groups is 1. The fraction of sp³-hybridized carbons (Fsp3) is 0.263. The maximum absolute atomic E-state index is 12.2. The summed E-state index contributed by atoms with van der Waals surface area (Å²) in [5.41, 5.74) is 1.98. The van der Waals surface area contributed by atoms with Crippen LogP contribution in [0.1, 0.15) is 19.3 Å². The van der Waals surface area contributed by atoms with Crippen molar-refractivity contribution in [3.8, 4) is 0 Å². The topological polar surface area (TPSA) is 82.3 Å². The third kappa shape index (κ3) is 6.43. The van der Waals surface area contributed by atoms with Gasteiger partial charge in [0.25, 0.3) is 0 Å². The molecule has 1 heterocycles. The van der Waals surface area contributed by atoms with Crippen LogP contribution in [-0.4, -0.2) is 24.5 Å². The second-order valence-corrected chi connectivity index (χ2v) is 6.59. The molecule has 27 heavy (non-hydrogen) atoms. The van der Waals surface area contributed by atoms with Crippen molar-refractivity contribution in [2.24, 2.45) is 0 Å². The van der Waals surface area contributed by atoms with Crippen LogP contribution in [0.3, 0.4) is 0 Å². The molecule has 144 valence electrons. The normalized spacial score (nSPS) is 16.0. The Labute approximate surface area is 169 Å². The first-order valence-corrected chi connectivity index (χ1v) is 8.96. The van der Waals surface area contributed by atoms with Gasteiger partial charge >= 0.3 is 6.03 Å². The largest absolute Gasteiger partial charge is 0.325 e. The molecule has 8 heteroatoms. The van der Waals surface area contributed by atoms with Gasteiger partial charge in [0.15, 0.2) is 0 Å². The van der Waals surface area contributed by atoms with Gasteiger partial charge in [-0.05, 0) is 67.9 Å². The molecule has 4 N–H and O–H groups in total. The van der Waals surface area contributed by atoms with E-state index in [0.29, 0.717) is 22.1 Å². The van der Waals surface area contributed by atoms with E-state index in [1.54, 1.807) is 48.5 Å². The molecule has 0 spiro atoms. The lowest BCUT2D eigenvalue weighted by Crippen LogP contribution is -2.43. The molecule has 0 bridgehead atoms. The van der Waals surface area contributed by atoms with E-state index in [1.807, 2.05) is 0 Å². The number of benzene rings is 2. The predicted octanol–water partition coefficient (Wildman–Crippen LogP) is 4.49. The molecule has 3 rings (SSSR count). The van der Waals surface area contributed by atoms with Gasteiger partial charge in [-0.1, -0.05) is 18.0 Å². The van der Waals surface area contributed by atoms with Gasteiger partial charge in [-0.15, -0.1) is 12.4 Å². The van der Waals surface area contributed by atoms with Gasteiger partial charge in [-0.25, -0.2) is 4.79 Å². The quantitative estimate of drug-likeness (QED) is 0.601. The summed E-state index contributed by atoms with van der Waals surface area (Å²) in [7, 11) is 0. The van der Waals surface area contributed by atoms with Gasteiger partial charge in [0.05, 0.1) is 6.04 Å². The molecule has 1 unspecified atom stereocenters. The van der Waals surface area contributed by atoms with Gasteiger partial charge in [0.2, 0.25) is 5.91 Å². The Balaban J connectivity index is 0.00000261. The second-order valence-electron chi connectivity index (χ2n) is 6.16. The molecule has 0 radical (unpaired) electrons. The minimum absolute atomic E-state index is 0. The van der Waals surface area contributed by atoms with Crippen molar-refractivity contribution in [3.05, 3.63) is 53.6 Å². The zero-order valence-corrected chi connectivity index (χ0v) is 16.2. The molecule has 2 aromatic carbocycles. The van der Waals surface area contributed by atoms with E-state index < -0.39 is 0 Å². The number of halogens is 2. The number of amides is 3. The highest BCUT2D eigenvalue weighted by atomic mass is 35.5. The van der Waals surface area contributed by atoms with Crippen molar-refractivity contribution in [2.75, 3.05) is 22.5 Å². The molecule has 0 aromatic heterocycles. The SMILES string of the molecule is Cl.O=C(Nc1ccc(Cl)cc1)Nc1ccc(NC(=O)C2CCCCN2)cc1. The number of hydrogen-bond acceptors (Lipinski definition) is 3. The number of carbonyl (C=O) groups is 2. The highest BCUT2D eigenvalue weighted by Crippen LogP contribution is 2.17. The van der Waals surface area contributed by atoms with E-state index in [0.717, 1.165) is 25.8 Å². The number of hydrogen-bond donors (Lipinski definition) is 4. The maximum atomic E-state index is 12.2. The van der Waals surface area contributed by atoms with E-state index in [4.69, 9.17) is 11.6 Å². The van der Waals surface area contributed by atoms with Crippen LogP contribution in [0.4, 0.5) is 21.9 Å². The summed E-state index contributed by atoms with van der Waals surface area (Å²) in [4.78, 5) is 24.2. The Kier molecular flexibility index (Phi) is 7.91. The lowest BCUT2D eigenvalue weighted by molar-refractivity contribution is -0.118. The van der Waals surface area contributed by atoms with Crippen molar-refractivity contribution in [1.29, 1.82) is 0 Å². The standard InChI is InChI=1S/C19H21ClN4O2.ClH/c20-13-4-6-15(7-5-13)23-19(26)24-16-10-8-14(9-11-16)22-18(25)17-3-1-2-12-21-17;/h4-11,17,21H,1-3,12H2,(H,22,25)(H2,23,24,26);1H. The minimum Gasteiger partial charge on any atom is -0.325 e. The zero-order valence-electron chi connectivity index (χ0n) is 14.6. The predicted molar refractivity (Wildman–Crippen MR) is 112 cm³/mol. The smallest absolute Gasteiger partial charge is 0.323 e. The van der Waals surface area contributed by atoms with Crippen LogP contribution in [0.5, 0.6) is 0 Å². The highest BCUT2D eigenvalue weighted by molar-refractivity contribution is 6.30. The molecular weight excluding hydrogens is 387 g/mol. The number of anilines is 3. The summed E-state index contributed by atoms with van der Waals surface area (Å²) in [6.45, 7) is 0.879. The van der Waals surface area contributed by atoms with E-state index >= 15 is 0 Å². The summed E-state index contributed by atoms with van der Waals surface area (Å²) >= 11 is 5.82. The average molecular weight is 409 g/mol. The number of piperidine rings is 1. The highest BCUT2D eigenvalue weighted by Gasteiger charge is 2.20. The van der Waals surface area contributed by atoms with E-state index in [-0.39, 0.29) is 30.4 Å². The third-order valence-corrected chi connectivity index (χ3v) is 4.39. The summed E-state index contributed by atoms with van der Waals surface area (Å²) in [6, 6.07) is 13.4. The molecule has 1 fully saturated rings. The van der Waals surface area contributed by atoms with Crippen molar-refractivity contribution >= 4 is 53.0 Å². The van der Waals surface area contributed by atoms with Crippen LogP contribution >= 0.6 is 24.0 Å². The Hall–Kier alpha value is -2.28. The molecule has 1 saturated heterocycles. The van der Waals surface area contributed by atoms with Gasteiger partial charge in [-0.3, -0.25) is 4.79 Å². The fourth-order valence-corrected chi connectivity index (χ4v) is 2.89. The molecule has 2 aromatic rings. The van der Waals surface area contributed by atoms with Crippen molar-refractivity contribution in [2.45, 2.75) is 25.3 Å². The molecule has 3 amide bonds. The van der Waals surface area contributed by atoms with Gasteiger partial charge in [0.1, 0.15) is 0 Å². The van der Waals surface area contributed by atoms with E-state index in [9.17, 15) is 9.59 Å². The van der Waals surface area contributed by atoms with Crippen LogP contribution in [0.15, 0.2) is 48.5 Å². The molecule has 0 saturated carbocycles. The first kappa shape index (κ1) is 21.0. The lowest BCUT2D eigenvalue weighted by atomic mass is 10.0. The summed E-state index contributed by atoms with van der Waals surface area (Å²) in [6.07, 6.45) is 3.04. The third-order valence-electron chi connectivity index (χ3n) is 4.14. The first-order valence-electron chi connectivity index (χ1n) is 8.58. The zero-order chi connectivity index (χ0) is 18.4. The van der Waals surface area contributed by atoms with Crippen molar-refractivity contribution in [3.63, 3.8) is 0 Å². The lowest BCUT2D eigenvalue weighted by Gasteiger charge is -2.22. The summed E-state index contributed by atoms with van der Waals surface area (Å²) in [5.74, 6) is -0.0223. The van der Waals surface area contributed by atoms with Crippen LogP contribution in [0.2, 0.25) is 5.02 Å². The Morgan fingerprint density at radius 3 is 1.89 bits per heavy atom. The Morgan fingerprint density at radius 1 is 0.852 bits per heavy atom. The maximum Gasteiger partial charge on any atom is 0.323 e. The average Bonchev–Trinajstić information content (AvgIpc) is 2.66. The Morgan fingerprint density at radius 2 is 1.37 bits per heavy atom. The first-order chi connectivity index (χ1) is 12.6. The second kappa shape index (κ2) is 10.2. The van der Waals surface area contributed by atoms with Gasteiger partial charge in [-0.2, -0.15) is 0 Å². The van der Waals surface area contributed by atoms with Gasteiger partial charge in [0, 0.05) is 22.1 Å². The fourth-order valence-electron chi connectivity index (χ4n) is 2.77. The van der Waals surface area contributed by atoms with Crippen molar-refractivity contribution in [1.82, 2.24) is 5.32 Å². The van der Waals surface area contributed by atoms with Gasteiger partial charge < -0.3 is 21.3 Å². The number of carbonyl (C=O) groups excluding carboxylic acids is 2. The number of nitrogens with one attached hydrogen (secondary N) is 4. The minimum atomic E-state index is -0.351. The van der Waals surface area contributed by atoms with E-state index in [1.165, 1.54) is 0 Å². The Bertz CT molecular complexity index is 760. The summed E-state index contributed by atoms with van der Waals surface area (Å²) in [5, 5.41) is 12.2. The number of rotatable bonds is 4. The van der Waals surface area contributed by atoms with Crippen LogP contribution in [0, 0.1) is 0 Å². The molecule has 6 nitrogen and oxygen atoms in total. The molecule has 1 aliphatic rings. The monoisotopic (exact) mass is 408 g/mol. The molecule has 0 aliphatic carbocycles. The molecule has 1 atom stereocenters. The summed E-state index contributed by atoms with van der Waals surface area (Å²) < 4.78 is 0. The van der Waals surface area contributed by atoms with Crippen LogP contribution in [0.25, 0.3) is 0 Å². The van der Waals surface area contributed by atoms with Crippen LogP contribution < -0.4 is 21.3 Å². The molecule has 1 aliphatic heterocycles.